The quantitative estimate of drug-likeness (QED) is 0.381. The van der Waals surface area contributed by atoms with E-state index >= 15 is 0 Å². The number of hydrogen-bond donors (Lipinski definition) is 3. The van der Waals surface area contributed by atoms with Crippen LogP contribution in [0.15, 0.2) is 0 Å². The molecular weight excluding hydrogens is 148 g/mol. The van der Waals surface area contributed by atoms with Gasteiger partial charge in [0.2, 0.25) is 0 Å². The smallest absolute Gasteiger partial charge is 0.151 e. The lowest BCUT2D eigenvalue weighted by atomic mass is 10.1. The van der Waals surface area contributed by atoms with E-state index in [1.165, 1.54) is 0 Å². The van der Waals surface area contributed by atoms with E-state index in [1.54, 1.807) is 0 Å². The molecule has 0 aromatic rings. The molecule has 0 spiro atoms. The average Bonchev–Trinajstić information content (AvgIpc) is 1.98. The highest BCUT2D eigenvalue weighted by molar-refractivity contribution is 5.69. The molecule has 0 bridgehead atoms. The van der Waals surface area contributed by atoms with Gasteiger partial charge in [0.1, 0.15) is 12.1 Å². The first-order valence-corrected chi connectivity index (χ1v) is 3.60. The molecule has 0 heterocycles. The van der Waals surface area contributed by atoms with Gasteiger partial charge in [-0.15, -0.1) is 0 Å². The number of aliphatic hydroxyl groups is 1. The van der Waals surface area contributed by atoms with E-state index in [1.807, 2.05) is 0 Å². The van der Waals surface area contributed by atoms with E-state index < -0.39 is 18.1 Å². The largest absolute Gasteiger partial charge is 0.544 e. The number of aliphatic hydroxyl groups excluding tert-OH is 1. The zero-order chi connectivity index (χ0) is 8.85. The number of rotatable bonds is 5. The summed E-state index contributed by atoms with van der Waals surface area (Å²) in [5.41, 5.74) is 6.83. The Balaban J connectivity index is 3.63. The number of carboxylic acid groups (broad SMARTS) is 1. The van der Waals surface area contributed by atoms with Gasteiger partial charge in [0.25, 0.3) is 0 Å². The highest BCUT2D eigenvalue weighted by Gasteiger charge is 2.18. The maximum Gasteiger partial charge on any atom is 0.151 e. The van der Waals surface area contributed by atoms with Crippen molar-refractivity contribution in [3.8, 4) is 0 Å². The standard InChI is InChI=1S/C6H14N2O3/c7-3-1-2-4(9)5(8)6(10)11/h4-5,9H,1-3,7-8H2,(H,10,11)/p+1/t4-,5-/m0/s1. The van der Waals surface area contributed by atoms with E-state index in [2.05, 4.69) is 11.5 Å². The van der Waals surface area contributed by atoms with Crippen LogP contribution in [0.3, 0.4) is 0 Å². The summed E-state index contributed by atoms with van der Waals surface area (Å²) in [6, 6.07) is -1.03. The van der Waals surface area contributed by atoms with Crippen LogP contribution < -0.4 is 16.6 Å². The van der Waals surface area contributed by atoms with Crippen LogP contribution in [0, 0.1) is 0 Å². The van der Waals surface area contributed by atoms with Crippen LogP contribution in [0.2, 0.25) is 0 Å². The van der Waals surface area contributed by atoms with Crippen molar-refractivity contribution in [2.45, 2.75) is 25.0 Å². The summed E-state index contributed by atoms with van der Waals surface area (Å²) < 4.78 is 0. The molecule has 0 fully saturated rings. The Kier molecular flexibility index (Phi) is 4.76. The molecule has 0 aliphatic heterocycles. The number of aliphatic carboxylic acids is 1. The molecule has 5 heteroatoms. The van der Waals surface area contributed by atoms with Gasteiger partial charge >= 0.3 is 0 Å². The second-order valence-corrected chi connectivity index (χ2v) is 2.49. The summed E-state index contributed by atoms with van der Waals surface area (Å²) in [5, 5.41) is 19.3. The lowest BCUT2D eigenvalue weighted by Gasteiger charge is -2.15. The van der Waals surface area contributed by atoms with Crippen molar-refractivity contribution >= 4 is 5.97 Å². The SMILES string of the molecule is [NH3+]CCC[C@H](O)[C@H]([NH3+])C(=O)[O-]. The molecule has 0 aromatic heterocycles. The lowest BCUT2D eigenvalue weighted by Crippen LogP contribution is -2.73. The molecule has 0 saturated carbocycles. The van der Waals surface area contributed by atoms with Crippen LogP contribution in [0.25, 0.3) is 0 Å². The summed E-state index contributed by atoms with van der Waals surface area (Å²) in [7, 11) is 0. The van der Waals surface area contributed by atoms with Crippen molar-refractivity contribution in [2.24, 2.45) is 0 Å². The van der Waals surface area contributed by atoms with Crippen LogP contribution in [0.4, 0.5) is 0 Å². The topological polar surface area (TPSA) is 116 Å². The first kappa shape index (κ1) is 10.3. The zero-order valence-corrected chi connectivity index (χ0v) is 6.45. The van der Waals surface area contributed by atoms with Crippen LogP contribution in [0.5, 0.6) is 0 Å². The average molecular weight is 163 g/mol. The minimum Gasteiger partial charge on any atom is -0.544 e. The molecule has 11 heavy (non-hydrogen) atoms. The van der Waals surface area contributed by atoms with E-state index in [9.17, 15) is 9.90 Å². The zero-order valence-electron chi connectivity index (χ0n) is 6.45. The third kappa shape index (κ3) is 3.92. The van der Waals surface area contributed by atoms with Crippen LogP contribution in [-0.4, -0.2) is 29.8 Å². The minimum absolute atomic E-state index is 0.422. The first-order valence-electron chi connectivity index (χ1n) is 3.60. The predicted octanol–water partition coefficient (Wildman–Crippen LogP) is -4.27. The molecule has 0 aliphatic carbocycles. The Morgan fingerprint density at radius 3 is 2.55 bits per heavy atom. The van der Waals surface area contributed by atoms with Gasteiger partial charge in [-0.3, -0.25) is 0 Å². The summed E-state index contributed by atoms with van der Waals surface area (Å²) in [4.78, 5) is 10.2. The Morgan fingerprint density at radius 1 is 1.64 bits per heavy atom. The fourth-order valence-electron chi connectivity index (χ4n) is 0.712. The van der Waals surface area contributed by atoms with E-state index in [0.29, 0.717) is 19.4 Å². The maximum atomic E-state index is 10.2. The van der Waals surface area contributed by atoms with Crippen molar-refractivity contribution in [3.05, 3.63) is 0 Å². The molecule has 5 nitrogen and oxygen atoms in total. The van der Waals surface area contributed by atoms with Gasteiger partial charge < -0.3 is 26.5 Å². The van der Waals surface area contributed by atoms with Crippen molar-refractivity contribution in [2.75, 3.05) is 6.54 Å². The van der Waals surface area contributed by atoms with Crippen LogP contribution in [-0.2, 0) is 4.79 Å². The number of carbonyl (C=O) groups is 1. The van der Waals surface area contributed by atoms with Crippen molar-refractivity contribution in [1.29, 1.82) is 0 Å². The van der Waals surface area contributed by atoms with Crippen molar-refractivity contribution in [1.82, 2.24) is 0 Å². The highest BCUT2D eigenvalue weighted by atomic mass is 16.4. The number of carbonyl (C=O) groups excluding carboxylic acids is 1. The van der Waals surface area contributed by atoms with Gasteiger partial charge in [0.05, 0.1) is 6.54 Å². The summed E-state index contributed by atoms with van der Waals surface area (Å²) in [6.07, 6.45) is 0.230. The Bertz CT molecular complexity index is 129. The third-order valence-corrected chi connectivity index (χ3v) is 1.52. The molecule has 0 amide bonds. The minimum atomic E-state index is -1.30. The van der Waals surface area contributed by atoms with E-state index in [0.717, 1.165) is 0 Å². The molecule has 0 unspecified atom stereocenters. The molecule has 0 rings (SSSR count). The Morgan fingerprint density at radius 2 is 2.18 bits per heavy atom. The summed E-state index contributed by atoms with van der Waals surface area (Å²) in [6.45, 7) is 0.691. The molecule has 0 aliphatic rings. The number of quaternary nitrogens is 2. The van der Waals surface area contributed by atoms with Crippen molar-refractivity contribution in [3.63, 3.8) is 0 Å². The molecular formula is C6H15N2O3+. The third-order valence-electron chi connectivity index (χ3n) is 1.52. The maximum absolute atomic E-state index is 10.2. The molecule has 0 saturated heterocycles. The molecule has 66 valence electrons. The predicted molar refractivity (Wildman–Crippen MR) is 34.7 cm³/mol. The van der Waals surface area contributed by atoms with E-state index in [4.69, 9.17) is 5.11 Å². The van der Waals surface area contributed by atoms with Gasteiger partial charge in [-0.1, -0.05) is 0 Å². The summed E-state index contributed by atoms with van der Waals surface area (Å²) >= 11 is 0. The van der Waals surface area contributed by atoms with Gasteiger partial charge in [-0.25, -0.2) is 0 Å². The van der Waals surface area contributed by atoms with Gasteiger partial charge in [-0.2, -0.15) is 0 Å². The highest BCUT2D eigenvalue weighted by Crippen LogP contribution is 1.96. The molecule has 0 aromatic carbocycles. The first-order chi connectivity index (χ1) is 5.09. The van der Waals surface area contributed by atoms with Gasteiger partial charge in [-0.05, 0) is 12.8 Å². The van der Waals surface area contributed by atoms with Crippen LogP contribution in [0.1, 0.15) is 12.8 Å². The Labute approximate surface area is 65.0 Å². The second kappa shape index (κ2) is 5.06. The second-order valence-electron chi connectivity index (χ2n) is 2.49. The van der Waals surface area contributed by atoms with E-state index in [-0.39, 0.29) is 0 Å². The number of carboxylic acids is 1. The molecule has 0 radical (unpaired) electrons. The normalized spacial score (nSPS) is 15.9. The van der Waals surface area contributed by atoms with Crippen molar-refractivity contribution < 1.29 is 26.5 Å². The summed E-state index contributed by atoms with van der Waals surface area (Å²) in [5.74, 6) is -1.30. The molecule has 7 N–H and O–H groups in total. The van der Waals surface area contributed by atoms with Gasteiger partial charge in [0.15, 0.2) is 6.04 Å². The fraction of sp³-hybridized carbons (Fsp3) is 0.833. The van der Waals surface area contributed by atoms with Crippen LogP contribution >= 0.6 is 0 Å². The van der Waals surface area contributed by atoms with Gasteiger partial charge in [0, 0.05) is 0 Å². The number of hydrogen-bond acceptors (Lipinski definition) is 3. The Hall–Kier alpha value is -0.650. The lowest BCUT2D eigenvalue weighted by molar-refractivity contribution is -0.452. The monoisotopic (exact) mass is 163 g/mol. The fourth-order valence-corrected chi connectivity index (χ4v) is 0.712. The molecule has 2 atom stereocenters.